The molecule has 1 amide bonds. The van der Waals surface area contributed by atoms with Gasteiger partial charge in [0.25, 0.3) is 0 Å². The zero-order valence-electron chi connectivity index (χ0n) is 9.58. The van der Waals surface area contributed by atoms with E-state index in [2.05, 4.69) is 15.5 Å². The van der Waals surface area contributed by atoms with E-state index >= 15 is 0 Å². The van der Waals surface area contributed by atoms with Gasteiger partial charge < -0.3 is 4.90 Å². The summed E-state index contributed by atoms with van der Waals surface area (Å²) in [6.07, 6.45) is 4.57. The lowest BCUT2D eigenvalue weighted by Crippen LogP contribution is -2.29. The number of tetrazole rings is 1. The molecule has 0 aromatic carbocycles. The van der Waals surface area contributed by atoms with Crippen molar-refractivity contribution in [1.29, 1.82) is 0 Å². The maximum atomic E-state index is 11.9. The highest BCUT2D eigenvalue weighted by Crippen LogP contribution is 2.36. The van der Waals surface area contributed by atoms with Gasteiger partial charge in [0.15, 0.2) is 0 Å². The fraction of sp³-hybridized carbons (Fsp3) is 0.800. The second-order valence-corrected chi connectivity index (χ2v) is 5.46. The lowest BCUT2D eigenvalue weighted by molar-refractivity contribution is -0.127. The summed E-state index contributed by atoms with van der Waals surface area (Å²) in [6, 6.07) is 0.467. The van der Waals surface area contributed by atoms with Crippen molar-refractivity contribution in [3.05, 3.63) is 0 Å². The number of likely N-dealkylation sites (tertiary alicyclic amines) is 1. The number of carbonyl (C=O) groups excluding carboxylic acids is 1. The van der Waals surface area contributed by atoms with Crippen LogP contribution in [0.2, 0.25) is 0 Å². The summed E-state index contributed by atoms with van der Waals surface area (Å²) in [5, 5.41) is 12.4. The average molecular weight is 253 g/mol. The smallest absolute Gasteiger partial charge is 0.233 e. The summed E-state index contributed by atoms with van der Waals surface area (Å²) in [6.45, 7) is 1.82. The molecule has 92 valence electrons. The Morgan fingerprint density at radius 2 is 2.12 bits per heavy atom. The Kier molecular flexibility index (Phi) is 3.00. The number of nitrogens with zero attached hydrogens (tertiary/aromatic N) is 5. The second kappa shape index (κ2) is 4.64. The molecule has 1 aliphatic heterocycles. The molecule has 0 atom stereocenters. The zero-order chi connectivity index (χ0) is 11.7. The number of carbonyl (C=O) groups is 1. The van der Waals surface area contributed by atoms with Gasteiger partial charge in [0, 0.05) is 13.1 Å². The minimum Gasteiger partial charge on any atom is -0.342 e. The van der Waals surface area contributed by atoms with Crippen molar-refractivity contribution in [2.45, 2.75) is 36.9 Å². The first-order chi connectivity index (χ1) is 8.34. The third-order valence-corrected chi connectivity index (χ3v) is 4.06. The largest absolute Gasteiger partial charge is 0.342 e. The van der Waals surface area contributed by atoms with E-state index in [0.717, 1.165) is 43.9 Å². The molecule has 2 aliphatic rings. The Balaban J connectivity index is 1.55. The van der Waals surface area contributed by atoms with Gasteiger partial charge in [-0.05, 0) is 36.1 Å². The maximum Gasteiger partial charge on any atom is 0.233 e. The van der Waals surface area contributed by atoms with Crippen LogP contribution in [0.25, 0.3) is 0 Å². The monoisotopic (exact) mass is 253 g/mol. The normalized spacial score (nSPS) is 19.9. The standard InChI is InChI=1S/C10H15N5OS/c16-9(14-5-1-2-6-14)7-17-10-11-12-13-15(10)8-3-4-8/h8H,1-7H2. The van der Waals surface area contributed by atoms with Gasteiger partial charge in [0.2, 0.25) is 11.1 Å². The molecule has 1 aromatic heterocycles. The number of thioether (sulfide) groups is 1. The molecule has 1 aliphatic carbocycles. The predicted octanol–water partition coefficient (Wildman–Crippen LogP) is 0.723. The van der Waals surface area contributed by atoms with Crippen LogP contribution in [0.5, 0.6) is 0 Å². The van der Waals surface area contributed by atoms with Crippen LogP contribution >= 0.6 is 11.8 Å². The molecule has 0 spiro atoms. The molecule has 17 heavy (non-hydrogen) atoms. The Labute approximate surface area is 104 Å². The lowest BCUT2D eigenvalue weighted by Gasteiger charge is -2.14. The summed E-state index contributed by atoms with van der Waals surface area (Å²) >= 11 is 1.45. The van der Waals surface area contributed by atoms with Gasteiger partial charge in [-0.15, -0.1) is 5.10 Å². The van der Waals surface area contributed by atoms with Crippen LogP contribution in [0.1, 0.15) is 31.7 Å². The SMILES string of the molecule is O=C(CSc1nnnn1C1CC1)N1CCCC1. The summed E-state index contributed by atoms with van der Waals surface area (Å²) in [5.41, 5.74) is 0. The van der Waals surface area contributed by atoms with Crippen LogP contribution in [-0.2, 0) is 4.79 Å². The van der Waals surface area contributed by atoms with Crippen LogP contribution in [0.4, 0.5) is 0 Å². The molecular weight excluding hydrogens is 238 g/mol. The van der Waals surface area contributed by atoms with Gasteiger partial charge in [0.1, 0.15) is 0 Å². The van der Waals surface area contributed by atoms with Gasteiger partial charge in [0.05, 0.1) is 11.8 Å². The van der Waals surface area contributed by atoms with Crippen LogP contribution in [0, 0.1) is 0 Å². The quantitative estimate of drug-likeness (QED) is 0.740. The van der Waals surface area contributed by atoms with E-state index in [1.54, 1.807) is 0 Å². The van der Waals surface area contributed by atoms with Crippen molar-refractivity contribution in [2.75, 3.05) is 18.8 Å². The summed E-state index contributed by atoms with van der Waals surface area (Å²) in [4.78, 5) is 13.8. The first-order valence-electron chi connectivity index (χ1n) is 6.03. The Hall–Kier alpha value is -1.11. The van der Waals surface area contributed by atoms with Crippen molar-refractivity contribution in [3.63, 3.8) is 0 Å². The average Bonchev–Trinajstić information content (AvgIpc) is 2.87. The molecule has 1 saturated carbocycles. The molecule has 1 aromatic rings. The van der Waals surface area contributed by atoms with E-state index in [1.165, 1.54) is 11.8 Å². The minimum absolute atomic E-state index is 0.206. The van der Waals surface area contributed by atoms with Crippen molar-refractivity contribution in [2.24, 2.45) is 0 Å². The molecule has 0 N–H and O–H groups in total. The highest BCUT2D eigenvalue weighted by Gasteiger charge is 2.28. The topological polar surface area (TPSA) is 63.9 Å². The Bertz CT molecular complexity index is 411. The summed E-state index contributed by atoms with van der Waals surface area (Å²) < 4.78 is 1.85. The molecule has 2 fully saturated rings. The Morgan fingerprint density at radius 1 is 1.35 bits per heavy atom. The number of hydrogen-bond donors (Lipinski definition) is 0. The molecule has 0 radical (unpaired) electrons. The van der Waals surface area contributed by atoms with E-state index < -0.39 is 0 Å². The number of hydrogen-bond acceptors (Lipinski definition) is 5. The van der Waals surface area contributed by atoms with Gasteiger partial charge in [-0.25, -0.2) is 4.68 Å². The molecule has 0 unspecified atom stereocenters. The van der Waals surface area contributed by atoms with E-state index in [0.29, 0.717) is 11.8 Å². The molecule has 7 heteroatoms. The van der Waals surface area contributed by atoms with E-state index in [-0.39, 0.29) is 5.91 Å². The molecule has 0 bridgehead atoms. The van der Waals surface area contributed by atoms with Crippen molar-refractivity contribution in [1.82, 2.24) is 25.1 Å². The third kappa shape index (κ3) is 2.43. The first kappa shape index (κ1) is 11.0. The van der Waals surface area contributed by atoms with Crippen molar-refractivity contribution >= 4 is 17.7 Å². The van der Waals surface area contributed by atoms with Crippen LogP contribution in [0.15, 0.2) is 5.16 Å². The lowest BCUT2D eigenvalue weighted by atomic mass is 10.4. The van der Waals surface area contributed by atoms with E-state index in [1.807, 2.05) is 9.58 Å². The minimum atomic E-state index is 0.206. The van der Waals surface area contributed by atoms with E-state index in [9.17, 15) is 4.79 Å². The van der Waals surface area contributed by atoms with Crippen LogP contribution < -0.4 is 0 Å². The third-order valence-electron chi connectivity index (χ3n) is 3.14. The molecule has 2 heterocycles. The second-order valence-electron chi connectivity index (χ2n) is 4.51. The molecular formula is C10H15N5OS. The van der Waals surface area contributed by atoms with Gasteiger partial charge in [-0.3, -0.25) is 4.79 Å². The Morgan fingerprint density at radius 3 is 2.82 bits per heavy atom. The van der Waals surface area contributed by atoms with Crippen molar-refractivity contribution < 1.29 is 4.79 Å². The van der Waals surface area contributed by atoms with Crippen LogP contribution in [0.3, 0.4) is 0 Å². The predicted molar refractivity (Wildman–Crippen MR) is 62.6 cm³/mol. The number of rotatable bonds is 4. The van der Waals surface area contributed by atoms with Crippen LogP contribution in [-0.4, -0.2) is 49.9 Å². The fourth-order valence-electron chi connectivity index (χ4n) is 2.01. The number of aromatic nitrogens is 4. The van der Waals surface area contributed by atoms with Crippen molar-refractivity contribution in [3.8, 4) is 0 Å². The highest BCUT2D eigenvalue weighted by atomic mass is 32.2. The molecule has 3 rings (SSSR count). The fourth-order valence-corrected chi connectivity index (χ4v) is 2.86. The summed E-state index contributed by atoms with van der Waals surface area (Å²) in [7, 11) is 0. The molecule has 6 nitrogen and oxygen atoms in total. The first-order valence-corrected chi connectivity index (χ1v) is 7.01. The molecule has 1 saturated heterocycles. The maximum absolute atomic E-state index is 11.9. The highest BCUT2D eigenvalue weighted by molar-refractivity contribution is 7.99. The zero-order valence-corrected chi connectivity index (χ0v) is 10.4. The van der Waals surface area contributed by atoms with E-state index in [4.69, 9.17) is 0 Å². The van der Waals surface area contributed by atoms with Gasteiger partial charge in [-0.1, -0.05) is 11.8 Å². The number of amides is 1. The van der Waals surface area contributed by atoms with Gasteiger partial charge in [-0.2, -0.15) is 0 Å². The summed E-state index contributed by atoms with van der Waals surface area (Å²) in [5.74, 6) is 0.658. The van der Waals surface area contributed by atoms with Gasteiger partial charge >= 0.3 is 0 Å².